The fourth-order valence-corrected chi connectivity index (χ4v) is 1.96. The molecule has 0 atom stereocenters. The standard InChI is InChI=1S/C13H13IN2O2/c1-10-15-7-12(14)13(17)16(10)9-18-8-11-5-3-2-4-6-11/h2-7H,8-9H2,1H3. The molecule has 0 amide bonds. The smallest absolute Gasteiger partial charge is 0.268 e. The Kier molecular flexibility index (Phi) is 4.48. The summed E-state index contributed by atoms with van der Waals surface area (Å²) in [5, 5.41) is 0. The highest BCUT2D eigenvalue weighted by atomic mass is 127. The van der Waals surface area contributed by atoms with Gasteiger partial charge in [-0.05, 0) is 35.1 Å². The topological polar surface area (TPSA) is 44.1 Å². The summed E-state index contributed by atoms with van der Waals surface area (Å²) in [6.07, 6.45) is 1.58. The second-order valence-electron chi connectivity index (χ2n) is 3.85. The number of hydrogen-bond acceptors (Lipinski definition) is 3. The van der Waals surface area contributed by atoms with E-state index in [-0.39, 0.29) is 12.3 Å². The molecule has 94 valence electrons. The minimum absolute atomic E-state index is 0.0591. The molecule has 0 radical (unpaired) electrons. The summed E-state index contributed by atoms with van der Waals surface area (Å²) in [5.74, 6) is 0.661. The van der Waals surface area contributed by atoms with Gasteiger partial charge in [-0.3, -0.25) is 9.36 Å². The van der Waals surface area contributed by atoms with Crippen molar-refractivity contribution in [3.63, 3.8) is 0 Å². The van der Waals surface area contributed by atoms with Crippen LogP contribution >= 0.6 is 22.6 Å². The predicted octanol–water partition coefficient (Wildman–Crippen LogP) is 2.33. The predicted molar refractivity (Wildman–Crippen MR) is 77.2 cm³/mol. The number of aryl methyl sites for hydroxylation is 1. The van der Waals surface area contributed by atoms with Crippen LogP contribution in [0.2, 0.25) is 0 Å². The average molecular weight is 356 g/mol. The minimum atomic E-state index is -0.0591. The summed E-state index contributed by atoms with van der Waals surface area (Å²) in [6, 6.07) is 9.86. The van der Waals surface area contributed by atoms with E-state index in [0.717, 1.165) is 5.56 Å². The van der Waals surface area contributed by atoms with E-state index >= 15 is 0 Å². The van der Waals surface area contributed by atoms with Crippen molar-refractivity contribution in [3.8, 4) is 0 Å². The molecule has 0 fully saturated rings. The van der Waals surface area contributed by atoms with Gasteiger partial charge in [0.05, 0.1) is 10.2 Å². The van der Waals surface area contributed by atoms with Crippen molar-refractivity contribution in [1.82, 2.24) is 9.55 Å². The van der Waals surface area contributed by atoms with E-state index in [0.29, 0.717) is 16.0 Å². The lowest BCUT2D eigenvalue weighted by Gasteiger charge is -2.10. The molecule has 18 heavy (non-hydrogen) atoms. The van der Waals surface area contributed by atoms with Crippen LogP contribution < -0.4 is 5.56 Å². The monoisotopic (exact) mass is 356 g/mol. The number of halogens is 1. The molecule has 0 aliphatic carbocycles. The number of benzene rings is 1. The molecular formula is C13H13IN2O2. The first-order chi connectivity index (χ1) is 8.68. The summed E-state index contributed by atoms with van der Waals surface area (Å²) in [7, 11) is 0. The minimum Gasteiger partial charge on any atom is -0.356 e. The first kappa shape index (κ1) is 13.2. The molecule has 0 N–H and O–H groups in total. The van der Waals surface area contributed by atoms with E-state index in [1.54, 1.807) is 13.1 Å². The normalized spacial score (nSPS) is 10.6. The van der Waals surface area contributed by atoms with E-state index in [2.05, 4.69) is 4.98 Å². The van der Waals surface area contributed by atoms with Gasteiger partial charge in [-0.25, -0.2) is 4.98 Å². The Labute approximate surface area is 119 Å². The fourth-order valence-electron chi connectivity index (χ4n) is 1.53. The summed E-state index contributed by atoms with van der Waals surface area (Å²) in [6.45, 7) is 2.50. The number of aromatic nitrogens is 2. The molecule has 0 aliphatic rings. The Morgan fingerprint density at radius 3 is 2.78 bits per heavy atom. The maximum absolute atomic E-state index is 11.9. The first-order valence-electron chi connectivity index (χ1n) is 5.52. The van der Waals surface area contributed by atoms with E-state index in [1.807, 2.05) is 52.9 Å². The van der Waals surface area contributed by atoms with Crippen LogP contribution in [0.3, 0.4) is 0 Å². The zero-order valence-electron chi connectivity index (χ0n) is 9.97. The lowest BCUT2D eigenvalue weighted by molar-refractivity contribution is 0.0594. The highest BCUT2D eigenvalue weighted by Gasteiger charge is 2.04. The van der Waals surface area contributed by atoms with Gasteiger partial charge in [0.2, 0.25) is 0 Å². The Balaban J connectivity index is 2.03. The third-order valence-corrected chi connectivity index (χ3v) is 3.28. The third-order valence-electron chi connectivity index (χ3n) is 2.54. The molecule has 4 nitrogen and oxygen atoms in total. The zero-order valence-corrected chi connectivity index (χ0v) is 12.1. The molecule has 2 aromatic rings. The van der Waals surface area contributed by atoms with Crippen LogP contribution in [-0.4, -0.2) is 9.55 Å². The Hall–Kier alpha value is -1.21. The molecule has 0 unspecified atom stereocenters. The van der Waals surface area contributed by atoms with Crippen molar-refractivity contribution in [2.24, 2.45) is 0 Å². The molecule has 0 saturated carbocycles. The highest BCUT2D eigenvalue weighted by Crippen LogP contribution is 2.02. The van der Waals surface area contributed by atoms with Crippen LogP contribution in [0.25, 0.3) is 0 Å². The molecule has 1 aromatic carbocycles. The third kappa shape index (κ3) is 3.17. The molecule has 0 aliphatic heterocycles. The van der Waals surface area contributed by atoms with Gasteiger partial charge >= 0.3 is 0 Å². The van der Waals surface area contributed by atoms with Crippen molar-refractivity contribution in [1.29, 1.82) is 0 Å². The van der Waals surface area contributed by atoms with Crippen molar-refractivity contribution in [2.75, 3.05) is 0 Å². The van der Waals surface area contributed by atoms with Crippen LogP contribution in [0, 0.1) is 10.5 Å². The summed E-state index contributed by atoms with van der Waals surface area (Å²) in [4.78, 5) is 16.0. The van der Waals surface area contributed by atoms with Gasteiger partial charge in [0.25, 0.3) is 5.56 Å². The summed E-state index contributed by atoms with van der Waals surface area (Å²) < 4.78 is 7.67. The SMILES string of the molecule is Cc1ncc(I)c(=O)n1COCc1ccccc1. The van der Waals surface area contributed by atoms with Crippen molar-refractivity contribution < 1.29 is 4.74 Å². The lowest BCUT2D eigenvalue weighted by Crippen LogP contribution is -2.26. The zero-order chi connectivity index (χ0) is 13.0. The number of ether oxygens (including phenoxy) is 1. The molecule has 0 spiro atoms. The van der Waals surface area contributed by atoms with Gasteiger partial charge in [-0.15, -0.1) is 0 Å². The van der Waals surface area contributed by atoms with E-state index < -0.39 is 0 Å². The second kappa shape index (κ2) is 6.10. The molecule has 0 bridgehead atoms. The summed E-state index contributed by atoms with van der Waals surface area (Å²) in [5.41, 5.74) is 1.03. The highest BCUT2D eigenvalue weighted by molar-refractivity contribution is 14.1. The van der Waals surface area contributed by atoms with Crippen molar-refractivity contribution in [2.45, 2.75) is 20.3 Å². The van der Waals surface area contributed by atoms with Gasteiger partial charge in [-0.1, -0.05) is 30.3 Å². The van der Waals surface area contributed by atoms with Crippen molar-refractivity contribution in [3.05, 3.63) is 61.8 Å². The quantitative estimate of drug-likeness (QED) is 0.790. The van der Waals surface area contributed by atoms with Crippen LogP contribution in [0.1, 0.15) is 11.4 Å². The van der Waals surface area contributed by atoms with Crippen molar-refractivity contribution >= 4 is 22.6 Å². The van der Waals surface area contributed by atoms with Crippen LogP contribution in [0.15, 0.2) is 41.3 Å². The van der Waals surface area contributed by atoms with E-state index in [4.69, 9.17) is 4.74 Å². The Morgan fingerprint density at radius 2 is 2.06 bits per heavy atom. The Bertz CT molecular complexity index is 581. The van der Waals surface area contributed by atoms with E-state index in [9.17, 15) is 4.79 Å². The van der Waals surface area contributed by atoms with Gasteiger partial charge in [0.15, 0.2) is 0 Å². The van der Waals surface area contributed by atoms with Crippen LogP contribution in [-0.2, 0) is 18.1 Å². The van der Waals surface area contributed by atoms with Gasteiger partial charge in [0, 0.05) is 6.20 Å². The number of rotatable bonds is 4. The maximum Gasteiger partial charge on any atom is 0.268 e. The van der Waals surface area contributed by atoms with Gasteiger partial charge < -0.3 is 4.74 Å². The lowest BCUT2D eigenvalue weighted by atomic mass is 10.2. The number of nitrogens with zero attached hydrogens (tertiary/aromatic N) is 2. The molecule has 1 heterocycles. The van der Waals surface area contributed by atoms with E-state index in [1.165, 1.54) is 4.57 Å². The fraction of sp³-hybridized carbons (Fsp3) is 0.231. The second-order valence-corrected chi connectivity index (χ2v) is 5.01. The molecule has 1 aromatic heterocycles. The van der Waals surface area contributed by atoms with Gasteiger partial charge in [0.1, 0.15) is 12.6 Å². The first-order valence-corrected chi connectivity index (χ1v) is 6.60. The Morgan fingerprint density at radius 1 is 1.33 bits per heavy atom. The average Bonchev–Trinajstić information content (AvgIpc) is 2.39. The largest absolute Gasteiger partial charge is 0.356 e. The summed E-state index contributed by atoms with van der Waals surface area (Å²) >= 11 is 1.98. The molecule has 2 rings (SSSR count). The number of hydrogen-bond donors (Lipinski definition) is 0. The maximum atomic E-state index is 11.9. The molecule has 5 heteroatoms. The molecular weight excluding hydrogens is 343 g/mol. The van der Waals surface area contributed by atoms with Crippen LogP contribution in [0.5, 0.6) is 0 Å². The van der Waals surface area contributed by atoms with Crippen LogP contribution in [0.4, 0.5) is 0 Å². The molecule has 0 saturated heterocycles. The van der Waals surface area contributed by atoms with Gasteiger partial charge in [-0.2, -0.15) is 0 Å².